The summed E-state index contributed by atoms with van der Waals surface area (Å²) in [6.07, 6.45) is -5.77. The maximum atomic E-state index is 12.9. The number of oxime groups is 1. The summed E-state index contributed by atoms with van der Waals surface area (Å²) in [4.78, 5) is 18.3. The van der Waals surface area contributed by atoms with Gasteiger partial charge in [0.15, 0.2) is 0 Å². The Morgan fingerprint density at radius 2 is 1.93 bits per heavy atom. The molecule has 30 heavy (non-hydrogen) atoms. The van der Waals surface area contributed by atoms with Gasteiger partial charge in [0.25, 0.3) is 0 Å². The van der Waals surface area contributed by atoms with Gasteiger partial charge in [0.05, 0.1) is 12.1 Å². The van der Waals surface area contributed by atoms with E-state index >= 15 is 0 Å². The minimum Gasteiger partial charge on any atom is -0.378 e. The van der Waals surface area contributed by atoms with Gasteiger partial charge in [-0.15, -0.1) is 0 Å². The molecule has 2 aromatic carbocycles. The number of anilines is 2. The molecule has 1 heterocycles. The zero-order valence-electron chi connectivity index (χ0n) is 16.3. The third-order valence-electron chi connectivity index (χ3n) is 4.51. The van der Waals surface area contributed by atoms with Crippen LogP contribution in [-0.2, 0) is 11.4 Å². The van der Waals surface area contributed by atoms with Gasteiger partial charge in [0, 0.05) is 32.0 Å². The summed E-state index contributed by atoms with van der Waals surface area (Å²) in [7, 11) is 3.83. The molecule has 2 amide bonds. The maximum Gasteiger partial charge on any atom is 0.458 e. The van der Waals surface area contributed by atoms with Crippen molar-refractivity contribution in [2.75, 3.05) is 24.3 Å². The molecule has 1 atom stereocenters. The summed E-state index contributed by atoms with van der Waals surface area (Å²) in [6.45, 7) is 0.146. The van der Waals surface area contributed by atoms with Crippen molar-refractivity contribution in [2.45, 2.75) is 24.9 Å². The van der Waals surface area contributed by atoms with E-state index in [1.54, 1.807) is 36.4 Å². The smallest absolute Gasteiger partial charge is 0.378 e. The van der Waals surface area contributed by atoms with E-state index in [0.29, 0.717) is 16.8 Å². The summed E-state index contributed by atoms with van der Waals surface area (Å²) >= 11 is 0. The zero-order valence-corrected chi connectivity index (χ0v) is 16.3. The summed E-state index contributed by atoms with van der Waals surface area (Å²) in [6, 6.07) is 13.3. The number of benzene rings is 2. The van der Waals surface area contributed by atoms with E-state index < -0.39 is 24.4 Å². The van der Waals surface area contributed by atoms with Crippen LogP contribution in [0.4, 0.5) is 29.3 Å². The number of nitrogens with one attached hydrogen (secondary N) is 2. The standard InChI is InChI=1S/C20H21F3N4O3/c1-27(2)16-8-6-15(7-9-16)25-18(28)24-12-13-4-3-5-14(10-13)17-11-19(29,30-26-17)20(21,22)23/h3-10,29H,11-12H2,1-2H3,(H2,24,25,28). The quantitative estimate of drug-likeness (QED) is 0.689. The van der Waals surface area contributed by atoms with E-state index in [0.717, 1.165) is 5.69 Å². The second-order valence-electron chi connectivity index (χ2n) is 7.04. The molecular weight excluding hydrogens is 401 g/mol. The Morgan fingerprint density at radius 1 is 1.23 bits per heavy atom. The van der Waals surface area contributed by atoms with E-state index in [1.165, 1.54) is 0 Å². The SMILES string of the molecule is CN(C)c1ccc(NC(=O)NCc2cccc(C3=NOC(O)(C(F)(F)F)C3)c2)cc1. The molecule has 0 bridgehead atoms. The number of carbonyl (C=O) groups excluding carboxylic acids is 1. The van der Waals surface area contributed by atoms with Gasteiger partial charge in [0.1, 0.15) is 0 Å². The van der Waals surface area contributed by atoms with Crippen molar-refractivity contribution in [3.63, 3.8) is 0 Å². The molecule has 0 fully saturated rings. The van der Waals surface area contributed by atoms with E-state index in [-0.39, 0.29) is 12.3 Å². The molecule has 7 nitrogen and oxygen atoms in total. The average molecular weight is 422 g/mol. The van der Waals surface area contributed by atoms with Crippen molar-refractivity contribution in [1.29, 1.82) is 0 Å². The van der Waals surface area contributed by atoms with Gasteiger partial charge in [-0.1, -0.05) is 23.4 Å². The summed E-state index contributed by atoms with van der Waals surface area (Å²) < 4.78 is 38.6. The van der Waals surface area contributed by atoms with E-state index in [1.807, 2.05) is 31.1 Å². The van der Waals surface area contributed by atoms with Crippen molar-refractivity contribution in [2.24, 2.45) is 5.16 Å². The van der Waals surface area contributed by atoms with Crippen LogP contribution in [0.15, 0.2) is 53.7 Å². The van der Waals surface area contributed by atoms with Crippen molar-refractivity contribution < 1.29 is 27.9 Å². The van der Waals surface area contributed by atoms with Gasteiger partial charge in [-0.3, -0.25) is 0 Å². The lowest BCUT2D eigenvalue weighted by atomic mass is 10.0. The number of amides is 2. The number of nitrogens with zero attached hydrogens (tertiary/aromatic N) is 2. The second kappa shape index (κ2) is 8.23. The van der Waals surface area contributed by atoms with Crippen LogP contribution in [0, 0.1) is 0 Å². The minimum absolute atomic E-state index is 0.0258. The molecule has 0 aliphatic carbocycles. The lowest BCUT2D eigenvalue weighted by molar-refractivity contribution is -0.355. The summed E-state index contributed by atoms with van der Waals surface area (Å²) in [5, 5.41) is 18.3. The zero-order chi connectivity index (χ0) is 21.9. The van der Waals surface area contributed by atoms with Gasteiger partial charge < -0.3 is 25.5 Å². The number of carbonyl (C=O) groups is 1. The molecule has 0 spiro atoms. The highest BCUT2D eigenvalue weighted by molar-refractivity contribution is 6.01. The normalized spacial score (nSPS) is 18.4. The first kappa shape index (κ1) is 21.4. The molecular formula is C20H21F3N4O3. The molecule has 1 aliphatic heterocycles. The third kappa shape index (κ3) is 4.82. The summed E-state index contributed by atoms with van der Waals surface area (Å²) in [5.74, 6) is -3.32. The van der Waals surface area contributed by atoms with Crippen LogP contribution in [-0.4, -0.2) is 42.9 Å². The minimum atomic E-state index is -4.96. The van der Waals surface area contributed by atoms with E-state index in [9.17, 15) is 23.1 Å². The molecule has 3 rings (SSSR count). The first-order chi connectivity index (χ1) is 14.1. The number of urea groups is 1. The van der Waals surface area contributed by atoms with Gasteiger partial charge in [0.2, 0.25) is 0 Å². The number of aliphatic hydroxyl groups is 1. The fourth-order valence-electron chi connectivity index (χ4n) is 2.79. The van der Waals surface area contributed by atoms with Crippen molar-refractivity contribution in [3.8, 4) is 0 Å². The summed E-state index contributed by atoms with van der Waals surface area (Å²) in [5.41, 5.74) is 2.61. The van der Waals surface area contributed by atoms with Gasteiger partial charge >= 0.3 is 18.0 Å². The number of rotatable bonds is 5. The van der Waals surface area contributed by atoms with Crippen LogP contribution >= 0.6 is 0 Å². The molecule has 0 saturated carbocycles. The monoisotopic (exact) mass is 422 g/mol. The van der Waals surface area contributed by atoms with Gasteiger partial charge in [-0.05, 0) is 41.5 Å². The molecule has 0 aromatic heterocycles. The highest BCUT2D eigenvalue weighted by Gasteiger charge is 2.60. The van der Waals surface area contributed by atoms with Crippen molar-refractivity contribution >= 4 is 23.1 Å². The molecule has 2 aromatic rings. The molecule has 3 N–H and O–H groups in total. The van der Waals surface area contributed by atoms with Crippen LogP contribution in [0.1, 0.15) is 17.5 Å². The number of halogens is 3. The first-order valence-electron chi connectivity index (χ1n) is 9.03. The Hall–Kier alpha value is -3.27. The van der Waals surface area contributed by atoms with Crippen LogP contribution in [0.25, 0.3) is 0 Å². The first-order valence-corrected chi connectivity index (χ1v) is 9.03. The van der Waals surface area contributed by atoms with Crippen molar-refractivity contribution in [1.82, 2.24) is 5.32 Å². The largest absolute Gasteiger partial charge is 0.458 e. The highest BCUT2D eigenvalue weighted by Crippen LogP contribution is 2.38. The van der Waals surface area contributed by atoms with E-state index in [2.05, 4.69) is 20.6 Å². The molecule has 160 valence electrons. The maximum absolute atomic E-state index is 12.9. The molecule has 1 aliphatic rings. The lowest BCUT2D eigenvalue weighted by Crippen LogP contribution is -2.45. The Balaban J connectivity index is 1.57. The van der Waals surface area contributed by atoms with E-state index in [4.69, 9.17) is 0 Å². The predicted octanol–water partition coefficient (Wildman–Crippen LogP) is 3.45. The Kier molecular flexibility index (Phi) is 5.88. The van der Waals surface area contributed by atoms with Crippen LogP contribution in [0.2, 0.25) is 0 Å². The number of hydrogen-bond donors (Lipinski definition) is 3. The third-order valence-corrected chi connectivity index (χ3v) is 4.51. The van der Waals surface area contributed by atoms with Crippen LogP contribution in [0.5, 0.6) is 0 Å². The van der Waals surface area contributed by atoms with Crippen LogP contribution in [0.3, 0.4) is 0 Å². The highest BCUT2D eigenvalue weighted by atomic mass is 19.4. The predicted molar refractivity (Wildman–Crippen MR) is 106 cm³/mol. The molecule has 0 radical (unpaired) electrons. The number of hydrogen-bond acceptors (Lipinski definition) is 5. The lowest BCUT2D eigenvalue weighted by Gasteiger charge is -2.22. The van der Waals surface area contributed by atoms with Gasteiger partial charge in [-0.25, -0.2) is 4.79 Å². The Morgan fingerprint density at radius 3 is 2.53 bits per heavy atom. The molecule has 1 unspecified atom stereocenters. The van der Waals surface area contributed by atoms with Gasteiger partial charge in [-0.2, -0.15) is 13.2 Å². The molecule has 10 heteroatoms. The topological polar surface area (TPSA) is 86.2 Å². The number of alkyl halides is 3. The Bertz CT molecular complexity index is 945. The fraction of sp³-hybridized carbons (Fsp3) is 0.300. The second-order valence-corrected chi connectivity index (χ2v) is 7.04. The fourth-order valence-corrected chi connectivity index (χ4v) is 2.79. The molecule has 0 saturated heterocycles. The Labute approximate surface area is 171 Å². The van der Waals surface area contributed by atoms with Crippen molar-refractivity contribution in [3.05, 3.63) is 59.7 Å². The van der Waals surface area contributed by atoms with Crippen LogP contribution < -0.4 is 15.5 Å². The average Bonchev–Trinajstić information content (AvgIpc) is 3.11.